The predicted octanol–water partition coefficient (Wildman–Crippen LogP) is 4.43. The van der Waals surface area contributed by atoms with Crippen LogP contribution in [-0.4, -0.2) is 16.1 Å². The summed E-state index contributed by atoms with van der Waals surface area (Å²) in [5.74, 6) is 0.445. The Morgan fingerprint density at radius 2 is 2.04 bits per heavy atom. The number of benzene rings is 2. The molecule has 3 aromatic rings. The first kappa shape index (κ1) is 18.4. The molecule has 0 aliphatic heterocycles. The molecule has 1 heterocycles. The molecule has 3 rings (SSSR count). The van der Waals surface area contributed by atoms with Crippen molar-refractivity contribution in [2.75, 3.05) is 6.54 Å². The van der Waals surface area contributed by atoms with Crippen LogP contribution in [0.5, 0.6) is 5.75 Å². The zero-order valence-corrected chi connectivity index (χ0v) is 15.1. The van der Waals surface area contributed by atoms with Crippen molar-refractivity contribution in [2.45, 2.75) is 26.1 Å². The van der Waals surface area contributed by atoms with E-state index in [4.69, 9.17) is 16.3 Å². The van der Waals surface area contributed by atoms with E-state index in [2.05, 4.69) is 10.3 Å². The quantitative estimate of drug-likeness (QED) is 0.564. The first-order chi connectivity index (χ1) is 12.7. The largest absolute Gasteiger partial charge is 0.488 e. The molecular formula is C20H21ClFN3O. The zero-order chi connectivity index (χ0) is 18.2. The Hall–Kier alpha value is -2.37. The summed E-state index contributed by atoms with van der Waals surface area (Å²) in [6.07, 6.45) is 6.53. The van der Waals surface area contributed by atoms with Crippen LogP contribution in [0.2, 0.25) is 5.02 Å². The molecule has 0 fully saturated rings. The molecule has 2 aromatic carbocycles. The molecule has 1 aromatic heterocycles. The summed E-state index contributed by atoms with van der Waals surface area (Å²) in [7, 11) is 0. The van der Waals surface area contributed by atoms with E-state index in [0.29, 0.717) is 22.9 Å². The fourth-order valence-corrected chi connectivity index (χ4v) is 2.82. The standard InChI is InChI=1S/C20H21ClFN3O/c21-18-6-7-20(26-14-16-4-1-2-5-19(16)22)17(12-18)13-23-8-3-10-25-11-9-24-15-25/h1-2,4-7,9,11-12,15,23H,3,8,10,13-14H2. The monoisotopic (exact) mass is 373 g/mol. The molecule has 26 heavy (non-hydrogen) atoms. The summed E-state index contributed by atoms with van der Waals surface area (Å²) in [6, 6.07) is 12.1. The van der Waals surface area contributed by atoms with Gasteiger partial charge in [-0.15, -0.1) is 0 Å². The van der Waals surface area contributed by atoms with Crippen LogP contribution < -0.4 is 10.1 Å². The number of nitrogens with zero attached hydrogens (tertiary/aromatic N) is 2. The van der Waals surface area contributed by atoms with Crippen LogP contribution in [-0.2, 0) is 19.7 Å². The van der Waals surface area contributed by atoms with E-state index < -0.39 is 0 Å². The highest BCUT2D eigenvalue weighted by Crippen LogP contribution is 2.24. The Kier molecular flexibility index (Phi) is 6.63. The highest BCUT2D eigenvalue weighted by Gasteiger charge is 2.07. The number of hydrogen-bond donors (Lipinski definition) is 1. The normalized spacial score (nSPS) is 10.8. The van der Waals surface area contributed by atoms with E-state index in [1.54, 1.807) is 30.5 Å². The fourth-order valence-electron chi connectivity index (χ4n) is 2.63. The molecule has 0 bridgehead atoms. The van der Waals surface area contributed by atoms with Gasteiger partial charge in [0.1, 0.15) is 18.2 Å². The van der Waals surface area contributed by atoms with Gasteiger partial charge < -0.3 is 14.6 Å². The molecule has 0 atom stereocenters. The lowest BCUT2D eigenvalue weighted by Crippen LogP contribution is -2.17. The van der Waals surface area contributed by atoms with Gasteiger partial charge in [-0.1, -0.05) is 29.8 Å². The SMILES string of the molecule is Fc1ccccc1COc1ccc(Cl)cc1CNCCCn1ccnc1. The first-order valence-corrected chi connectivity index (χ1v) is 8.91. The molecule has 0 saturated carbocycles. The number of hydrogen-bond acceptors (Lipinski definition) is 3. The third-order valence-electron chi connectivity index (χ3n) is 4.01. The second-order valence-electron chi connectivity index (χ2n) is 5.96. The molecule has 0 amide bonds. The van der Waals surface area contributed by atoms with E-state index in [1.807, 2.05) is 29.2 Å². The molecule has 0 saturated heterocycles. The maximum atomic E-state index is 13.7. The molecule has 0 spiro atoms. The van der Waals surface area contributed by atoms with E-state index in [1.165, 1.54) is 6.07 Å². The average Bonchev–Trinajstić information content (AvgIpc) is 3.15. The van der Waals surface area contributed by atoms with Crippen LogP contribution in [0.1, 0.15) is 17.5 Å². The molecule has 0 unspecified atom stereocenters. The second kappa shape index (κ2) is 9.36. The van der Waals surface area contributed by atoms with E-state index in [-0.39, 0.29) is 12.4 Å². The van der Waals surface area contributed by atoms with Crippen molar-refractivity contribution < 1.29 is 9.13 Å². The minimum atomic E-state index is -0.263. The van der Waals surface area contributed by atoms with Gasteiger partial charge in [0.15, 0.2) is 0 Å². The van der Waals surface area contributed by atoms with Gasteiger partial charge in [0, 0.05) is 41.6 Å². The minimum Gasteiger partial charge on any atom is -0.488 e. The Morgan fingerprint density at radius 3 is 2.85 bits per heavy atom. The lowest BCUT2D eigenvalue weighted by molar-refractivity contribution is 0.296. The van der Waals surface area contributed by atoms with Crippen molar-refractivity contribution in [3.63, 3.8) is 0 Å². The van der Waals surface area contributed by atoms with Crippen LogP contribution in [0.3, 0.4) is 0 Å². The van der Waals surface area contributed by atoms with E-state index in [0.717, 1.165) is 25.1 Å². The van der Waals surface area contributed by atoms with E-state index in [9.17, 15) is 4.39 Å². The number of aryl methyl sites for hydroxylation is 1. The smallest absolute Gasteiger partial charge is 0.129 e. The number of ether oxygens (including phenoxy) is 1. The minimum absolute atomic E-state index is 0.182. The highest BCUT2D eigenvalue weighted by atomic mass is 35.5. The lowest BCUT2D eigenvalue weighted by Gasteiger charge is -2.13. The summed E-state index contributed by atoms with van der Waals surface area (Å²) >= 11 is 6.11. The van der Waals surface area contributed by atoms with Gasteiger partial charge >= 0.3 is 0 Å². The van der Waals surface area contributed by atoms with Gasteiger partial charge in [-0.25, -0.2) is 9.37 Å². The number of aromatic nitrogens is 2. The third kappa shape index (κ3) is 5.31. The summed E-state index contributed by atoms with van der Waals surface area (Å²) in [5.41, 5.74) is 1.48. The Labute approximate surface area is 157 Å². The Balaban J connectivity index is 1.53. The molecule has 0 radical (unpaired) electrons. The van der Waals surface area contributed by atoms with Crippen molar-refractivity contribution in [1.29, 1.82) is 0 Å². The molecule has 136 valence electrons. The molecule has 0 aliphatic rings. The summed E-state index contributed by atoms with van der Waals surface area (Å²) in [5, 5.41) is 4.05. The van der Waals surface area contributed by atoms with E-state index >= 15 is 0 Å². The maximum absolute atomic E-state index is 13.7. The average molecular weight is 374 g/mol. The predicted molar refractivity (Wildman–Crippen MR) is 101 cm³/mol. The molecule has 4 nitrogen and oxygen atoms in total. The topological polar surface area (TPSA) is 39.1 Å². The van der Waals surface area contributed by atoms with Crippen molar-refractivity contribution in [3.05, 3.63) is 83.2 Å². The first-order valence-electron chi connectivity index (χ1n) is 8.53. The van der Waals surface area contributed by atoms with Crippen LogP contribution in [0.15, 0.2) is 61.2 Å². The number of nitrogens with one attached hydrogen (secondary N) is 1. The number of rotatable bonds is 9. The van der Waals surface area contributed by atoms with Gasteiger partial charge in [-0.3, -0.25) is 0 Å². The Morgan fingerprint density at radius 1 is 1.15 bits per heavy atom. The maximum Gasteiger partial charge on any atom is 0.129 e. The number of halogens is 2. The van der Waals surface area contributed by atoms with Crippen LogP contribution in [0, 0.1) is 5.82 Å². The highest BCUT2D eigenvalue weighted by molar-refractivity contribution is 6.30. The van der Waals surface area contributed by atoms with Gasteiger partial charge in [0.2, 0.25) is 0 Å². The van der Waals surface area contributed by atoms with Crippen LogP contribution in [0.25, 0.3) is 0 Å². The van der Waals surface area contributed by atoms with Crippen molar-refractivity contribution in [1.82, 2.24) is 14.9 Å². The van der Waals surface area contributed by atoms with Gasteiger partial charge in [-0.05, 0) is 37.2 Å². The Bertz CT molecular complexity index is 824. The van der Waals surface area contributed by atoms with Crippen molar-refractivity contribution in [2.24, 2.45) is 0 Å². The lowest BCUT2D eigenvalue weighted by atomic mass is 10.2. The second-order valence-corrected chi connectivity index (χ2v) is 6.40. The molecule has 6 heteroatoms. The van der Waals surface area contributed by atoms with Crippen LogP contribution >= 0.6 is 11.6 Å². The van der Waals surface area contributed by atoms with Gasteiger partial charge in [-0.2, -0.15) is 0 Å². The van der Waals surface area contributed by atoms with Crippen molar-refractivity contribution >= 4 is 11.6 Å². The summed E-state index contributed by atoms with van der Waals surface area (Å²) in [6.45, 7) is 2.59. The fraction of sp³-hybridized carbons (Fsp3) is 0.250. The zero-order valence-electron chi connectivity index (χ0n) is 14.4. The molecular weight excluding hydrogens is 353 g/mol. The van der Waals surface area contributed by atoms with Gasteiger partial charge in [0.05, 0.1) is 6.33 Å². The molecule has 0 aliphatic carbocycles. The summed E-state index contributed by atoms with van der Waals surface area (Å²) in [4.78, 5) is 4.03. The molecule has 1 N–H and O–H groups in total. The van der Waals surface area contributed by atoms with Crippen LogP contribution in [0.4, 0.5) is 4.39 Å². The van der Waals surface area contributed by atoms with Crippen molar-refractivity contribution in [3.8, 4) is 5.75 Å². The third-order valence-corrected chi connectivity index (χ3v) is 4.24. The van der Waals surface area contributed by atoms with Gasteiger partial charge in [0.25, 0.3) is 0 Å². The summed E-state index contributed by atoms with van der Waals surface area (Å²) < 4.78 is 21.6. The number of imidazole rings is 1.